The Bertz CT molecular complexity index is 231. The number of hydroxylamine groups is 2. The molecule has 0 fully saturated rings. The van der Waals surface area contributed by atoms with E-state index in [1.54, 1.807) is 5.06 Å². The highest BCUT2D eigenvalue weighted by Gasteiger charge is 2.04. The number of carbonyl (C=O) groups excluding carboxylic acids is 1. The van der Waals surface area contributed by atoms with Crippen LogP contribution >= 0.6 is 0 Å². The van der Waals surface area contributed by atoms with Gasteiger partial charge >= 0.3 is 5.97 Å². The van der Waals surface area contributed by atoms with Crippen LogP contribution in [0.25, 0.3) is 0 Å². The lowest BCUT2D eigenvalue weighted by Crippen LogP contribution is -2.27. The Kier molecular flexibility index (Phi) is 15.4. The first-order valence-electron chi connectivity index (χ1n) is 9.14. The molecule has 0 aromatic carbocycles. The van der Waals surface area contributed by atoms with Gasteiger partial charge in [-0.2, -0.15) is 0 Å². The van der Waals surface area contributed by atoms with Crippen LogP contribution in [0, 0.1) is 0 Å². The van der Waals surface area contributed by atoms with Crippen LogP contribution in [0.1, 0.15) is 97.8 Å². The Morgan fingerprint density at radius 1 is 0.762 bits per heavy atom. The second-order valence-corrected chi connectivity index (χ2v) is 5.99. The highest BCUT2D eigenvalue weighted by atomic mass is 16.7. The van der Waals surface area contributed by atoms with E-state index in [0.29, 0.717) is 0 Å². The molecule has 0 heterocycles. The third kappa shape index (κ3) is 15.6. The summed E-state index contributed by atoms with van der Waals surface area (Å²) in [6.45, 7) is 7.39. The topological polar surface area (TPSA) is 29.5 Å². The Morgan fingerprint density at radius 3 is 1.57 bits per heavy atom. The van der Waals surface area contributed by atoms with E-state index < -0.39 is 0 Å². The zero-order valence-corrected chi connectivity index (χ0v) is 14.7. The molecule has 3 nitrogen and oxygen atoms in total. The molecular weight excluding hydrogens is 262 g/mol. The minimum absolute atomic E-state index is 0.212. The lowest BCUT2D eigenvalue weighted by molar-refractivity contribution is -0.187. The molecule has 3 heteroatoms. The van der Waals surface area contributed by atoms with Gasteiger partial charge in [-0.3, -0.25) is 4.79 Å². The van der Waals surface area contributed by atoms with Gasteiger partial charge in [0, 0.05) is 20.0 Å². The number of carbonyl (C=O) groups is 1. The van der Waals surface area contributed by atoms with E-state index in [4.69, 9.17) is 4.84 Å². The van der Waals surface area contributed by atoms with Crippen LogP contribution in [0.5, 0.6) is 0 Å². The van der Waals surface area contributed by atoms with Crippen molar-refractivity contribution in [1.82, 2.24) is 5.06 Å². The normalized spacial score (nSPS) is 11.0. The van der Waals surface area contributed by atoms with E-state index >= 15 is 0 Å². The standard InChI is InChI=1S/C18H37NO2/c1-4-6-7-8-9-10-11-12-13-14-15-16-17-19(5-2)21-18(3)20/h4-17H2,1-3H3. The number of hydrogen-bond acceptors (Lipinski definition) is 3. The summed E-state index contributed by atoms with van der Waals surface area (Å²) < 4.78 is 0. The summed E-state index contributed by atoms with van der Waals surface area (Å²) in [6.07, 6.45) is 16.3. The zero-order valence-electron chi connectivity index (χ0n) is 14.7. The Labute approximate surface area is 132 Å². The maximum absolute atomic E-state index is 10.9. The van der Waals surface area contributed by atoms with E-state index in [2.05, 4.69) is 6.92 Å². The molecule has 0 unspecified atom stereocenters. The van der Waals surface area contributed by atoms with Crippen LogP contribution in [0.2, 0.25) is 0 Å². The SMILES string of the molecule is CCCCCCCCCCCCCCN(CC)OC(C)=O. The van der Waals surface area contributed by atoms with Crippen molar-refractivity contribution in [2.24, 2.45) is 0 Å². The van der Waals surface area contributed by atoms with Gasteiger partial charge in [-0.15, -0.1) is 5.06 Å². The quantitative estimate of drug-likeness (QED) is 0.296. The highest BCUT2D eigenvalue weighted by molar-refractivity contribution is 5.65. The maximum Gasteiger partial charge on any atom is 0.322 e. The molecule has 0 N–H and O–H groups in total. The lowest BCUT2D eigenvalue weighted by Gasteiger charge is -2.18. The second-order valence-electron chi connectivity index (χ2n) is 5.99. The fraction of sp³-hybridized carbons (Fsp3) is 0.944. The fourth-order valence-electron chi connectivity index (χ4n) is 2.58. The van der Waals surface area contributed by atoms with Gasteiger partial charge in [-0.1, -0.05) is 77.6 Å². The predicted octanol–water partition coefficient (Wildman–Crippen LogP) is 5.49. The summed E-state index contributed by atoms with van der Waals surface area (Å²) in [5, 5.41) is 1.76. The molecule has 0 atom stereocenters. The molecule has 0 aliphatic rings. The van der Waals surface area contributed by atoms with Gasteiger partial charge in [-0.05, 0) is 13.3 Å². The molecule has 0 spiro atoms. The third-order valence-electron chi connectivity index (χ3n) is 3.87. The minimum Gasteiger partial charge on any atom is -0.368 e. The van der Waals surface area contributed by atoms with Crippen molar-refractivity contribution in [2.45, 2.75) is 97.8 Å². The number of nitrogens with zero attached hydrogens (tertiary/aromatic N) is 1. The van der Waals surface area contributed by atoms with Gasteiger partial charge in [0.1, 0.15) is 0 Å². The Hall–Kier alpha value is -0.570. The average Bonchev–Trinajstić information content (AvgIpc) is 2.46. The van der Waals surface area contributed by atoms with Crippen molar-refractivity contribution < 1.29 is 9.63 Å². The summed E-state index contributed by atoms with van der Waals surface area (Å²) in [6, 6.07) is 0. The minimum atomic E-state index is -0.212. The van der Waals surface area contributed by atoms with Gasteiger partial charge in [0.2, 0.25) is 0 Å². The number of hydrogen-bond donors (Lipinski definition) is 0. The molecular formula is C18H37NO2. The molecule has 0 aromatic heterocycles. The summed E-state index contributed by atoms with van der Waals surface area (Å²) in [4.78, 5) is 16.0. The first kappa shape index (κ1) is 20.4. The van der Waals surface area contributed by atoms with Crippen molar-refractivity contribution in [1.29, 1.82) is 0 Å². The van der Waals surface area contributed by atoms with Gasteiger partial charge in [-0.25, -0.2) is 0 Å². The van der Waals surface area contributed by atoms with Crippen LogP contribution in [-0.4, -0.2) is 24.1 Å². The van der Waals surface area contributed by atoms with Crippen molar-refractivity contribution in [2.75, 3.05) is 13.1 Å². The molecule has 0 saturated heterocycles. The lowest BCUT2D eigenvalue weighted by atomic mass is 10.1. The van der Waals surface area contributed by atoms with Crippen LogP contribution in [0.4, 0.5) is 0 Å². The Morgan fingerprint density at radius 2 is 1.19 bits per heavy atom. The van der Waals surface area contributed by atoms with Crippen molar-refractivity contribution in [3.05, 3.63) is 0 Å². The molecule has 0 bridgehead atoms. The molecule has 0 saturated carbocycles. The molecule has 0 aliphatic heterocycles. The largest absolute Gasteiger partial charge is 0.368 e. The monoisotopic (exact) mass is 299 g/mol. The van der Waals surface area contributed by atoms with Crippen LogP contribution < -0.4 is 0 Å². The molecule has 21 heavy (non-hydrogen) atoms. The van der Waals surface area contributed by atoms with Gasteiger partial charge in [0.15, 0.2) is 0 Å². The van der Waals surface area contributed by atoms with E-state index in [1.165, 1.54) is 77.6 Å². The smallest absolute Gasteiger partial charge is 0.322 e. The third-order valence-corrected chi connectivity index (χ3v) is 3.87. The van der Waals surface area contributed by atoms with Crippen molar-refractivity contribution in [3.8, 4) is 0 Å². The number of rotatable bonds is 15. The summed E-state index contributed by atoms with van der Waals surface area (Å²) in [5.41, 5.74) is 0. The van der Waals surface area contributed by atoms with Crippen molar-refractivity contribution in [3.63, 3.8) is 0 Å². The van der Waals surface area contributed by atoms with Gasteiger partial charge in [0.25, 0.3) is 0 Å². The van der Waals surface area contributed by atoms with Gasteiger partial charge < -0.3 is 4.84 Å². The number of unbranched alkanes of at least 4 members (excludes halogenated alkanes) is 11. The van der Waals surface area contributed by atoms with Crippen LogP contribution in [-0.2, 0) is 9.63 Å². The van der Waals surface area contributed by atoms with Crippen LogP contribution in [0.3, 0.4) is 0 Å². The fourth-order valence-corrected chi connectivity index (χ4v) is 2.58. The Balaban J connectivity index is 3.19. The molecule has 0 aliphatic carbocycles. The highest BCUT2D eigenvalue weighted by Crippen LogP contribution is 2.12. The predicted molar refractivity (Wildman–Crippen MR) is 90.1 cm³/mol. The second kappa shape index (κ2) is 15.8. The summed E-state index contributed by atoms with van der Waals surface area (Å²) in [5.74, 6) is -0.212. The molecule has 0 amide bonds. The molecule has 0 radical (unpaired) electrons. The molecule has 0 aromatic rings. The zero-order chi connectivity index (χ0) is 15.8. The first-order valence-corrected chi connectivity index (χ1v) is 9.14. The van der Waals surface area contributed by atoms with E-state index in [-0.39, 0.29) is 5.97 Å². The molecule has 126 valence electrons. The van der Waals surface area contributed by atoms with Crippen LogP contribution in [0.15, 0.2) is 0 Å². The summed E-state index contributed by atoms with van der Waals surface area (Å²) in [7, 11) is 0. The van der Waals surface area contributed by atoms with E-state index in [9.17, 15) is 4.79 Å². The van der Waals surface area contributed by atoms with E-state index in [0.717, 1.165) is 19.5 Å². The molecule has 0 rings (SSSR count). The maximum atomic E-state index is 10.9. The summed E-state index contributed by atoms with van der Waals surface area (Å²) >= 11 is 0. The van der Waals surface area contributed by atoms with E-state index in [1.807, 2.05) is 6.92 Å². The van der Waals surface area contributed by atoms with Gasteiger partial charge in [0.05, 0.1) is 0 Å². The first-order chi connectivity index (χ1) is 10.2. The average molecular weight is 299 g/mol. The van der Waals surface area contributed by atoms with Crippen molar-refractivity contribution >= 4 is 5.97 Å².